The molecule has 0 bridgehead atoms. The lowest BCUT2D eigenvalue weighted by molar-refractivity contribution is -0.141. The number of nitrogens with one attached hydrogen (secondary N) is 2. The van der Waals surface area contributed by atoms with Gasteiger partial charge in [-0.2, -0.15) is 5.10 Å². The second-order valence-corrected chi connectivity index (χ2v) is 11.4. The standard InChI is InChI=1S/C30H37ClN4O4/c1-17-12-22(13-18(2)27(17)39-24-14-19(3)34-32-16-24)28(36)33-20(4)29(37)35-25(10-11-26(35)30(5,6)38)21-8-7-9-23(31)15-21/h7-9,12-15,20,25-26,32,38H,10-11,16H2,1-6H3,(H,33,36)/t20-,25+,26-/m1/s1. The summed E-state index contributed by atoms with van der Waals surface area (Å²) in [4.78, 5) is 28.8. The molecule has 2 amide bonds. The molecule has 9 heteroatoms. The number of hydrogen-bond acceptors (Lipinski definition) is 6. The summed E-state index contributed by atoms with van der Waals surface area (Å²) in [6.07, 6.45) is 3.21. The lowest BCUT2D eigenvalue weighted by Gasteiger charge is -2.38. The van der Waals surface area contributed by atoms with Crippen LogP contribution in [0.5, 0.6) is 5.75 Å². The molecule has 0 unspecified atom stereocenters. The molecule has 0 aromatic heterocycles. The van der Waals surface area contributed by atoms with Crippen molar-refractivity contribution in [2.24, 2.45) is 5.10 Å². The fraction of sp³-hybridized carbons (Fsp3) is 0.433. The average Bonchev–Trinajstić information content (AvgIpc) is 3.31. The number of ether oxygens (including phenoxy) is 1. The third kappa shape index (κ3) is 6.45. The van der Waals surface area contributed by atoms with Crippen LogP contribution in [0.1, 0.15) is 73.6 Å². The number of likely N-dealkylation sites (tertiary alicyclic amines) is 1. The maximum Gasteiger partial charge on any atom is 0.251 e. The summed E-state index contributed by atoms with van der Waals surface area (Å²) < 4.78 is 6.11. The first kappa shape index (κ1) is 28.6. The molecule has 2 aromatic rings. The van der Waals surface area contributed by atoms with E-state index in [2.05, 4.69) is 15.8 Å². The topological polar surface area (TPSA) is 103 Å². The van der Waals surface area contributed by atoms with Gasteiger partial charge in [-0.25, -0.2) is 0 Å². The average molecular weight is 553 g/mol. The quantitative estimate of drug-likeness (QED) is 0.457. The highest BCUT2D eigenvalue weighted by molar-refractivity contribution is 6.30. The first-order valence-corrected chi connectivity index (χ1v) is 13.6. The van der Waals surface area contributed by atoms with Crippen molar-refractivity contribution < 1.29 is 19.4 Å². The van der Waals surface area contributed by atoms with Gasteiger partial charge in [0.25, 0.3) is 5.91 Å². The summed E-state index contributed by atoms with van der Waals surface area (Å²) in [6, 6.07) is 9.52. The number of aliphatic hydroxyl groups is 1. The zero-order valence-electron chi connectivity index (χ0n) is 23.3. The van der Waals surface area contributed by atoms with E-state index in [1.807, 2.05) is 45.0 Å². The molecule has 3 atom stereocenters. The van der Waals surface area contributed by atoms with Crippen LogP contribution in [-0.4, -0.2) is 51.8 Å². The number of allylic oxidation sites excluding steroid dienone is 1. The predicted octanol–water partition coefficient (Wildman–Crippen LogP) is 4.82. The normalized spacial score (nSPS) is 20.1. The van der Waals surface area contributed by atoms with Crippen molar-refractivity contribution >= 4 is 29.1 Å². The molecule has 0 radical (unpaired) electrons. The van der Waals surface area contributed by atoms with E-state index in [0.29, 0.717) is 35.7 Å². The molecule has 8 nitrogen and oxygen atoms in total. The van der Waals surface area contributed by atoms with Crippen LogP contribution >= 0.6 is 11.6 Å². The van der Waals surface area contributed by atoms with E-state index in [-0.39, 0.29) is 17.9 Å². The third-order valence-electron chi connectivity index (χ3n) is 7.24. The van der Waals surface area contributed by atoms with Gasteiger partial charge in [0.15, 0.2) is 0 Å². The van der Waals surface area contributed by atoms with Crippen LogP contribution in [0.3, 0.4) is 0 Å². The van der Waals surface area contributed by atoms with E-state index in [1.54, 1.807) is 43.9 Å². The van der Waals surface area contributed by atoms with Crippen molar-refractivity contribution in [2.75, 3.05) is 6.54 Å². The minimum atomic E-state index is -1.11. The molecule has 0 saturated carbocycles. The Morgan fingerprint density at radius 2 is 1.87 bits per heavy atom. The molecule has 2 aliphatic rings. The highest BCUT2D eigenvalue weighted by Gasteiger charge is 2.45. The Kier molecular flexibility index (Phi) is 8.37. The van der Waals surface area contributed by atoms with Gasteiger partial charge in [0.05, 0.1) is 29.9 Å². The lowest BCUT2D eigenvalue weighted by atomic mass is 9.96. The first-order chi connectivity index (χ1) is 18.3. The maximum absolute atomic E-state index is 13.8. The van der Waals surface area contributed by atoms with Crippen molar-refractivity contribution in [1.82, 2.24) is 15.6 Å². The first-order valence-electron chi connectivity index (χ1n) is 13.2. The number of benzene rings is 2. The molecule has 1 saturated heterocycles. The Labute approximate surface area is 235 Å². The van der Waals surface area contributed by atoms with Crippen LogP contribution in [0, 0.1) is 13.8 Å². The van der Waals surface area contributed by atoms with Gasteiger partial charge in [-0.3, -0.25) is 9.59 Å². The summed E-state index contributed by atoms with van der Waals surface area (Å²) in [5, 5.41) is 18.5. The number of carbonyl (C=O) groups is 2. The van der Waals surface area contributed by atoms with E-state index in [9.17, 15) is 14.7 Å². The number of halogens is 1. The summed E-state index contributed by atoms with van der Waals surface area (Å²) in [6.45, 7) is 11.2. The maximum atomic E-state index is 13.8. The van der Waals surface area contributed by atoms with Crippen LogP contribution in [0.15, 0.2) is 53.3 Å². The Bertz CT molecular complexity index is 1310. The Balaban J connectivity index is 1.52. The Morgan fingerprint density at radius 3 is 2.49 bits per heavy atom. The molecular formula is C30H37ClN4O4. The summed E-state index contributed by atoms with van der Waals surface area (Å²) in [5.41, 5.74) is 5.61. The van der Waals surface area contributed by atoms with Gasteiger partial charge in [0, 0.05) is 16.7 Å². The van der Waals surface area contributed by atoms with Gasteiger partial charge in [-0.1, -0.05) is 23.7 Å². The largest absolute Gasteiger partial charge is 0.459 e. The van der Waals surface area contributed by atoms with Crippen LogP contribution in [0.2, 0.25) is 5.02 Å². The molecule has 208 valence electrons. The number of hydrazone groups is 1. The van der Waals surface area contributed by atoms with Crippen molar-refractivity contribution in [3.05, 3.63) is 75.5 Å². The van der Waals surface area contributed by atoms with E-state index >= 15 is 0 Å². The SMILES string of the molecule is CC1=NNCC(Oc2c(C)cc(C(=O)N[C@H](C)C(=O)N3[C@H](c4cccc(Cl)c4)CC[C@@H]3C(C)(C)O)cc2C)=C1. The minimum Gasteiger partial charge on any atom is -0.459 e. The Morgan fingerprint density at radius 1 is 1.18 bits per heavy atom. The molecule has 2 aliphatic heterocycles. The molecular weight excluding hydrogens is 516 g/mol. The molecule has 3 N–H and O–H groups in total. The summed E-state index contributed by atoms with van der Waals surface area (Å²) >= 11 is 6.24. The van der Waals surface area contributed by atoms with E-state index in [1.165, 1.54) is 0 Å². The Hall–Kier alpha value is -3.36. The zero-order valence-corrected chi connectivity index (χ0v) is 24.1. The van der Waals surface area contributed by atoms with Crippen molar-refractivity contribution in [3.8, 4) is 5.75 Å². The molecule has 0 spiro atoms. The van der Waals surface area contributed by atoms with Crippen LogP contribution < -0.4 is 15.5 Å². The number of carbonyl (C=O) groups excluding carboxylic acids is 2. The van der Waals surface area contributed by atoms with Crippen LogP contribution in [0.25, 0.3) is 0 Å². The van der Waals surface area contributed by atoms with Gasteiger partial charge >= 0.3 is 0 Å². The lowest BCUT2D eigenvalue weighted by Crippen LogP contribution is -2.54. The number of amides is 2. The molecule has 1 fully saturated rings. The van der Waals surface area contributed by atoms with Crippen molar-refractivity contribution in [1.29, 1.82) is 0 Å². The van der Waals surface area contributed by atoms with Gasteiger partial charge < -0.3 is 25.5 Å². The summed E-state index contributed by atoms with van der Waals surface area (Å²) in [7, 11) is 0. The smallest absolute Gasteiger partial charge is 0.251 e. The number of nitrogens with zero attached hydrogens (tertiary/aromatic N) is 2. The predicted molar refractivity (Wildman–Crippen MR) is 153 cm³/mol. The van der Waals surface area contributed by atoms with Crippen LogP contribution in [0.4, 0.5) is 0 Å². The van der Waals surface area contributed by atoms with E-state index in [0.717, 1.165) is 28.2 Å². The number of rotatable bonds is 7. The van der Waals surface area contributed by atoms with Crippen molar-refractivity contribution in [3.63, 3.8) is 0 Å². The minimum absolute atomic E-state index is 0.245. The second-order valence-electron chi connectivity index (χ2n) is 11.0. The fourth-order valence-corrected chi connectivity index (χ4v) is 5.61. The molecule has 39 heavy (non-hydrogen) atoms. The van der Waals surface area contributed by atoms with Gasteiger partial charge in [-0.15, -0.1) is 0 Å². The number of aryl methyl sites for hydroxylation is 2. The number of hydrogen-bond donors (Lipinski definition) is 3. The zero-order chi connectivity index (χ0) is 28.5. The van der Waals surface area contributed by atoms with E-state index in [4.69, 9.17) is 16.3 Å². The van der Waals surface area contributed by atoms with Crippen molar-refractivity contribution in [2.45, 2.75) is 78.1 Å². The van der Waals surface area contributed by atoms with E-state index < -0.39 is 17.7 Å². The molecule has 4 rings (SSSR count). The molecule has 2 aromatic carbocycles. The monoisotopic (exact) mass is 552 g/mol. The summed E-state index contributed by atoms with van der Waals surface area (Å²) in [5.74, 6) is 0.827. The van der Waals surface area contributed by atoms with Gasteiger partial charge in [0.1, 0.15) is 17.6 Å². The molecule has 2 heterocycles. The van der Waals surface area contributed by atoms with Gasteiger partial charge in [0.2, 0.25) is 5.91 Å². The second kappa shape index (κ2) is 11.4. The molecule has 0 aliphatic carbocycles. The highest BCUT2D eigenvalue weighted by Crippen LogP contribution is 2.41. The highest BCUT2D eigenvalue weighted by atomic mass is 35.5. The van der Waals surface area contributed by atoms with Crippen LogP contribution in [-0.2, 0) is 4.79 Å². The van der Waals surface area contributed by atoms with Gasteiger partial charge in [-0.05, 0) is 95.3 Å². The third-order valence-corrected chi connectivity index (χ3v) is 7.48. The fourth-order valence-electron chi connectivity index (χ4n) is 5.42.